The van der Waals surface area contributed by atoms with Gasteiger partial charge < -0.3 is 15.2 Å². The Labute approximate surface area is 99.1 Å². The largest absolute Gasteiger partial charge is 0.495 e. The molecule has 88 valence electrons. The van der Waals surface area contributed by atoms with Gasteiger partial charge in [-0.15, -0.1) is 0 Å². The van der Waals surface area contributed by atoms with Crippen LogP contribution in [-0.4, -0.2) is 31.7 Å². The first-order chi connectivity index (χ1) is 7.70. The summed E-state index contributed by atoms with van der Waals surface area (Å²) in [6.07, 6.45) is 1.95. The van der Waals surface area contributed by atoms with Crippen LogP contribution in [-0.2, 0) is 4.74 Å². The molecule has 0 amide bonds. The van der Waals surface area contributed by atoms with Gasteiger partial charge in [-0.1, -0.05) is 6.07 Å². The standard InChI is InChI=1S/C11H15NO3S/c1-14-9-5-3-4-8(10(9)12)11(13)15-6-7-16-2/h3-5H,6-7,12H2,1-2H3. The van der Waals surface area contributed by atoms with Crippen LogP contribution in [0.15, 0.2) is 18.2 Å². The number of rotatable bonds is 5. The van der Waals surface area contributed by atoms with Gasteiger partial charge in [0.25, 0.3) is 0 Å². The molecule has 1 aromatic rings. The fraction of sp³-hybridized carbons (Fsp3) is 0.364. The van der Waals surface area contributed by atoms with Gasteiger partial charge in [-0.25, -0.2) is 4.79 Å². The van der Waals surface area contributed by atoms with Gasteiger partial charge in [-0.2, -0.15) is 11.8 Å². The molecule has 0 spiro atoms. The van der Waals surface area contributed by atoms with E-state index in [1.54, 1.807) is 30.0 Å². The highest BCUT2D eigenvalue weighted by molar-refractivity contribution is 7.98. The molecule has 0 saturated heterocycles. The zero-order chi connectivity index (χ0) is 12.0. The van der Waals surface area contributed by atoms with Crippen molar-refractivity contribution in [2.75, 3.05) is 31.5 Å². The number of nitrogen functional groups attached to an aromatic ring is 1. The van der Waals surface area contributed by atoms with Gasteiger partial charge in [0.05, 0.1) is 18.4 Å². The van der Waals surface area contributed by atoms with Crippen molar-refractivity contribution in [1.29, 1.82) is 0 Å². The normalized spacial score (nSPS) is 9.88. The Kier molecular flexibility index (Phi) is 4.98. The molecule has 4 nitrogen and oxygen atoms in total. The minimum absolute atomic E-state index is 0.319. The maximum atomic E-state index is 11.6. The summed E-state index contributed by atoms with van der Waals surface area (Å²) in [4.78, 5) is 11.6. The highest BCUT2D eigenvalue weighted by Crippen LogP contribution is 2.25. The lowest BCUT2D eigenvalue weighted by molar-refractivity contribution is 0.0531. The van der Waals surface area contributed by atoms with E-state index in [-0.39, 0.29) is 0 Å². The van der Waals surface area contributed by atoms with Gasteiger partial charge >= 0.3 is 5.97 Å². The van der Waals surface area contributed by atoms with E-state index in [1.807, 2.05) is 6.26 Å². The maximum absolute atomic E-state index is 11.6. The van der Waals surface area contributed by atoms with Crippen molar-refractivity contribution >= 4 is 23.4 Å². The summed E-state index contributed by atoms with van der Waals surface area (Å²) in [7, 11) is 1.51. The summed E-state index contributed by atoms with van der Waals surface area (Å²) in [6, 6.07) is 5.04. The second kappa shape index (κ2) is 6.27. The molecule has 0 aliphatic rings. The smallest absolute Gasteiger partial charge is 0.340 e. The molecule has 0 aliphatic carbocycles. The molecule has 0 radical (unpaired) electrons. The number of esters is 1. The molecule has 0 atom stereocenters. The highest BCUT2D eigenvalue weighted by atomic mass is 32.2. The van der Waals surface area contributed by atoms with Crippen LogP contribution in [0.4, 0.5) is 5.69 Å². The number of methoxy groups -OCH3 is 1. The fourth-order valence-electron chi connectivity index (χ4n) is 1.20. The van der Waals surface area contributed by atoms with Gasteiger partial charge in [0.2, 0.25) is 0 Å². The summed E-state index contributed by atoms with van der Waals surface area (Å²) in [5.41, 5.74) is 6.43. The van der Waals surface area contributed by atoms with Crippen LogP contribution in [0.1, 0.15) is 10.4 Å². The first-order valence-electron chi connectivity index (χ1n) is 4.79. The molecule has 2 N–H and O–H groups in total. The van der Waals surface area contributed by atoms with Gasteiger partial charge in [0.15, 0.2) is 0 Å². The Morgan fingerprint density at radius 3 is 2.88 bits per heavy atom. The van der Waals surface area contributed by atoms with Crippen molar-refractivity contribution in [2.24, 2.45) is 0 Å². The lowest BCUT2D eigenvalue weighted by atomic mass is 10.1. The zero-order valence-electron chi connectivity index (χ0n) is 9.36. The maximum Gasteiger partial charge on any atom is 0.340 e. The van der Waals surface area contributed by atoms with Crippen molar-refractivity contribution in [3.63, 3.8) is 0 Å². The molecule has 16 heavy (non-hydrogen) atoms. The Bertz CT molecular complexity index is 368. The monoisotopic (exact) mass is 241 g/mol. The third-order valence-corrected chi connectivity index (χ3v) is 2.60. The average Bonchev–Trinajstić information content (AvgIpc) is 2.29. The average molecular weight is 241 g/mol. The highest BCUT2D eigenvalue weighted by Gasteiger charge is 2.13. The molecule has 1 aromatic carbocycles. The molecule has 0 fully saturated rings. The number of carbonyl (C=O) groups excluding carboxylic acids is 1. The number of para-hydroxylation sites is 1. The van der Waals surface area contributed by atoms with Gasteiger partial charge in [0, 0.05) is 5.75 Å². The predicted octanol–water partition coefficient (Wildman–Crippen LogP) is 1.80. The number of thioether (sulfide) groups is 1. The Morgan fingerprint density at radius 2 is 2.25 bits per heavy atom. The van der Waals surface area contributed by atoms with Gasteiger partial charge in [-0.3, -0.25) is 0 Å². The van der Waals surface area contributed by atoms with Crippen LogP contribution in [0.3, 0.4) is 0 Å². The van der Waals surface area contributed by atoms with Crippen molar-refractivity contribution in [2.45, 2.75) is 0 Å². The van der Waals surface area contributed by atoms with Crippen LogP contribution in [0.2, 0.25) is 0 Å². The van der Waals surface area contributed by atoms with E-state index < -0.39 is 5.97 Å². The summed E-state index contributed by atoms with van der Waals surface area (Å²) >= 11 is 1.62. The number of hydrogen-bond donors (Lipinski definition) is 1. The van der Waals surface area contributed by atoms with Crippen molar-refractivity contribution in [3.8, 4) is 5.75 Å². The third-order valence-electron chi connectivity index (χ3n) is 2.03. The van der Waals surface area contributed by atoms with Crippen LogP contribution in [0.5, 0.6) is 5.75 Å². The summed E-state index contributed by atoms with van der Waals surface area (Å²) in [5, 5.41) is 0. The zero-order valence-corrected chi connectivity index (χ0v) is 10.2. The van der Waals surface area contributed by atoms with Crippen LogP contribution in [0, 0.1) is 0 Å². The van der Waals surface area contributed by atoms with E-state index in [1.165, 1.54) is 7.11 Å². The van der Waals surface area contributed by atoms with Gasteiger partial charge in [0.1, 0.15) is 12.4 Å². The predicted molar refractivity (Wildman–Crippen MR) is 66.1 cm³/mol. The third kappa shape index (κ3) is 3.06. The minimum Gasteiger partial charge on any atom is -0.495 e. The van der Waals surface area contributed by atoms with E-state index in [0.717, 1.165) is 5.75 Å². The number of nitrogens with two attached hydrogens (primary N) is 1. The van der Waals surface area contributed by atoms with E-state index in [0.29, 0.717) is 23.6 Å². The van der Waals surface area contributed by atoms with E-state index in [4.69, 9.17) is 15.2 Å². The second-order valence-electron chi connectivity index (χ2n) is 3.05. The topological polar surface area (TPSA) is 61.5 Å². The number of ether oxygens (including phenoxy) is 2. The Hall–Kier alpha value is -1.36. The molecule has 0 aromatic heterocycles. The SMILES string of the molecule is COc1cccc(C(=O)OCCSC)c1N. The Morgan fingerprint density at radius 1 is 1.50 bits per heavy atom. The molecule has 0 aliphatic heterocycles. The molecule has 1 rings (SSSR count). The second-order valence-corrected chi connectivity index (χ2v) is 4.04. The summed E-state index contributed by atoms with van der Waals surface area (Å²) < 4.78 is 10.1. The number of anilines is 1. The number of hydrogen-bond acceptors (Lipinski definition) is 5. The van der Waals surface area contributed by atoms with Crippen molar-refractivity contribution in [3.05, 3.63) is 23.8 Å². The molecule has 0 unspecified atom stereocenters. The summed E-state index contributed by atoms with van der Waals surface area (Å²) in [6.45, 7) is 0.386. The molecule has 0 heterocycles. The van der Waals surface area contributed by atoms with Crippen LogP contribution >= 0.6 is 11.8 Å². The van der Waals surface area contributed by atoms with E-state index >= 15 is 0 Å². The number of carbonyl (C=O) groups is 1. The van der Waals surface area contributed by atoms with Crippen molar-refractivity contribution < 1.29 is 14.3 Å². The van der Waals surface area contributed by atoms with E-state index in [2.05, 4.69) is 0 Å². The number of benzene rings is 1. The first kappa shape index (κ1) is 12.7. The molecule has 0 saturated carbocycles. The van der Waals surface area contributed by atoms with Crippen LogP contribution in [0.25, 0.3) is 0 Å². The first-order valence-corrected chi connectivity index (χ1v) is 6.18. The molecular formula is C11H15NO3S. The lowest BCUT2D eigenvalue weighted by Crippen LogP contribution is -2.10. The van der Waals surface area contributed by atoms with Gasteiger partial charge in [-0.05, 0) is 18.4 Å². The molecular weight excluding hydrogens is 226 g/mol. The van der Waals surface area contributed by atoms with Crippen LogP contribution < -0.4 is 10.5 Å². The molecule has 0 bridgehead atoms. The van der Waals surface area contributed by atoms with Crippen molar-refractivity contribution in [1.82, 2.24) is 0 Å². The fourth-order valence-corrected chi connectivity index (χ4v) is 1.45. The quantitative estimate of drug-likeness (QED) is 0.484. The Balaban J connectivity index is 2.75. The molecule has 5 heteroatoms. The summed E-state index contributed by atoms with van der Waals surface area (Å²) in [5.74, 6) is 0.847. The lowest BCUT2D eigenvalue weighted by Gasteiger charge is -2.09. The minimum atomic E-state index is -0.412. The van der Waals surface area contributed by atoms with E-state index in [9.17, 15) is 4.79 Å².